The smallest absolute Gasteiger partial charge is 0.175 e. The van der Waals surface area contributed by atoms with Gasteiger partial charge < -0.3 is 4.90 Å². The van der Waals surface area contributed by atoms with Gasteiger partial charge in [-0.2, -0.15) is 0 Å². The molecule has 2 aliphatic heterocycles. The van der Waals surface area contributed by atoms with Crippen molar-refractivity contribution in [1.82, 2.24) is 4.90 Å². The summed E-state index contributed by atoms with van der Waals surface area (Å²) >= 11 is 0. The molecule has 0 N–H and O–H groups in total. The second kappa shape index (κ2) is 6.08. The molecular formula is C15H22BN2+. The number of hydrogen-bond acceptors (Lipinski definition) is 1. The van der Waals surface area contributed by atoms with E-state index in [0.717, 1.165) is 18.6 Å². The lowest BCUT2D eigenvalue weighted by atomic mass is 9.94. The Hall–Kier alpha value is -1.25. The van der Waals surface area contributed by atoms with E-state index in [2.05, 4.69) is 35.7 Å². The van der Waals surface area contributed by atoms with Gasteiger partial charge in [-0.15, -0.1) is 0 Å². The van der Waals surface area contributed by atoms with Gasteiger partial charge in [0, 0.05) is 38.2 Å². The Morgan fingerprint density at radius 3 is 2.78 bits per heavy atom. The number of rotatable bonds is 3. The molecule has 1 fully saturated rings. The van der Waals surface area contributed by atoms with E-state index in [1.807, 2.05) is 12.2 Å². The summed E-state index contributed by atoms with van der Waals surface area (Å²) in [6, 6.07) is 0. The Morgan fingerprint density at radius 1 is 1.33 bits per heavy atom. The van der Waals surface area contributed by atoms with Gasteiger partial charge in [-0.1, -0.05) is 17.6 Å². The van der Waals surface area contributed by atoms with Crippen LogP contribution in [0, 0.1) is 0 Å². The summed E-state index contributed by atoms with van der Waals surface area (Å²) < 4.78 is 2.30. The summed E-state index contributed by atoms with van der Waals surface area (Å²) in [7, 11) is 10.3. The molecule has 2 nitrogen and oxygen atoms in total. The Balaban J connectivity index is 1.97. The van der Waals surface area contributed by atoms with Crippen LogP contribution in [0.3, 0.4) is 0 Å². The molecule has 0 spiro atoms. The highest BCUT2D eigenvalue weighted by Gasteiger charge is 2.14. The van der Waals surface area contributed by atoms with Crippen molar-refractivity contribution < 1.29 is 4.58 Å². The zero-order valence-corrected chi connectivity index (χ0v) is 11.5. The SMILES string of the molecule is [B]/C(C=CC1=[N+](C)CCC1)=C\C=C1CCCN1C. The molecular weight excluding hydrogens is 219 g/mol. The molecule has 0 saturated carbocycles. The van der Waals surface area contributed by atoms with Gasteiger partial charge in [-0.25, -0.2) is 4.58 Å². The van der Waals surface area contributed by atoms with Gasteiger partial charge in [0.1, 0.15) is 21.4 Å². The quantitative estimate of drug-likeness (QED) is 0.416. The van der Waals surface area contributed by atoms with Crippen molar-refractivity contribution in [3.63, 3.8) is 0 Å². The summed E-state index contributed by atoms with van der Waals surface area (Å²) in [6.07, 6.45) is 13.2. The average molecular weight is 241 g/mol. The van der Waals surface area contributed by atoms with Crippen LogP contribution in [-0.4, -0.2) is 50.2 Å². The standard InChI is InChI=1S/C15H22BN2/c1-17-11-3-5-14(17)9-7-13(16)8-10-15-6-4-12-18(15)2/h7-10H,3-6,11-12H2,1-2H3/q+1. The van der Waals surface area contributed by atoms with Crippen LogP contribution in [-0.2, 0) is 0 Å². The van der Waals surface area contributed by atoms with E-state index >= 15 is 0 Å². The average Bonchev–Trinajstić information content (AvgIpc) is 2.93. The maximum absolute atomic E-state index is 6.00. The molecule has 1 saturated heterocycles. The highest BCUT2D eigenvalue weighted by molar-refractivity contribution is 6.23. The zero-order valence-electron chi connectivity index (χ0n) is 11.5. The van der Waals surface area contributed by atoms with E-state index in [4.69, 9.17) is 7.85 Å². The Bertz CT molecular complexity index is 430. The molecule has 0 aromatic heterocycles. The molecule has 0 aromatic carbocycles. The second-order valence-electron chi connectivity index (χ2n) is 5.20. The van der Waals surface area contributed by atoms with Crippen molar-refractivity contribution >= 4 is 13.6 Å². The van der Waals surface area contributed by atoms with Crippen LogP contribution in [0.4, 0.5) is 0 Å². The molecule has 0 atom stereocenters. The third kappa shape index (κ3) is 3.38. The van der Waals surface area contributed by atoms with Gasteiger partial charge in [-0.3, -0.25) is 0 Å². The number of hydrogen-bond donors (Lipinski definition) is 0. The highest BCUT2D eigenvalue weighted by Crippen LogP contribution is 2.18. The first-order valence-electron chi connectivity index (χ1n) is 6.79. The molecule has 18 heavy (non-hydrogen) atoms. The normalized spacial score (nSPS) is 24.0. The van der Waals surface area contributed by atoms with E-state index in [9.17, 15) is 0 Å². The number of nitrogens with zero attached hydrogens (tertiary/aromatic N) is 2. The van der Waals surface area contributed by atoms with Crippen LogP contribution < -0.4 is 0 Å². The Kier molecular flexibility index (Phi) is 4.46. The lowest BCUT2D eigenvalue weighted by Crippen LogP contribution is -2.09. The fraction of sp³-hybridized carbons (Fsp3) is 0.533. The molecule has 0 amide bonds. The van der Waals surface area contributed by atoms with Crippen molar-refractivity contribution in [3.8, 4) is 0 Å². The first-order valence-corrected chi connectivity index (χ1v) is 6.79. The minimum atomic E-state index is 0.829. The van der Waals surface area contributed by atoms with Crippen LogP contribution in [0.15, 0.2) is 35.5 Å². The first-order chi connectivity index (χ1) is 8.66. The largest absolute Gasteiger partial charge is 0.378 e. The third-order valence-electron chi connectivity index (χ3n) is 3.77. The Morgan fingerprint density at radius 2 is 2.17 bits per heavy atom. The molecule has 3 heteroatoms. The van der Waals surface area contributed by atoms with E-state index in [1.165, 1.54) is 37.1 Å². The van der Waals surface area contributed by atoms with Crippen LogP contribution in [0.1, 0.15) is 25.7 Å². The fourth-order valence-corrected chi connectivity index (χ4v) is 2.53. The molecule has 2 radical (unpaired) electrons. The monoisotopic (exact) mass is 241 g/mol. The summed E-state index contributed by atoms with van der Waals surface area (Å²) in [5, 5.41) is 0. The van der Waals surface area contributed by atoms with Crippen molar-refractivity contribution in [2.75, 3.05) is 27.2 Å². The van der Waals surface area contributed by atoms with Gasteiger partial charge in [0.05, 0.1) is 0 Å². The summed E-state index contributed by atoms with van der Waals surface area (Å²) in [5.74, 6) is 0. The van der Waals surface area contributed by atoms with E-state index < -0.39 is 0 Å². The third-order valence-corrected chi connectivity index (χ3v) is 3.77. The predicted molar refractivity (Wildman–Crippen MR) is 78.2 cm³/mol. The Labute approximate surface area is 112 Å². The molecule has 0 aliphatic carbocycles. The van der Waals surface area contributed by atoms with Crippen molar-refractivity contribution in [2.45, 2.75) is 25.7 Å². The van der Waals surface area contributed by atoms with E-state index in [-0.39, 0.29) is 0 Å². The predicted octanol–water partition coefficient (Wildman–Crippen LogP) is 2.08. The molecule has 0 bridgehead atoms. The van der Waals surface area contributed by atoms with Crippen LogP contribution in [0.2, 0.25) is 0 Å². The topological polar surface area (TPSA) is 6.25 Å². The molecule has 0 unspecified atom stereocenters. The minimum Gasteiger partial charge on any atom is -0.378 e. The van der Waals surface area contributed by atoms with Crippen LogP contribution in [0.25, 0.3) is 0 Å². The van der Waals surface area contributed by atoms with Crippen LogP contribution >= 0.6 is 0 Å². The minimum absolute atomic E-state index is 0.829. The van der Waals surface area contributed by atoms with Crippen molar-refractivity contribution in [1.29, 1.82) is 0 Å². The number of likely N-dealkylation sites (tertiary alicyclic amines) is 1. The van der Waals surface area contributed by atoms with Gasteiger partial charge in [0.25, 0.3) is 0 Å². The highest BCUT2D eigenvalue weighted by atomic mass is 15.1. The number of allylic oxidation sites excluding steroid dienone is 6. The lowest BCUT2D eigenvalue weighted by molar-refractivity contribution is -0.487. The van der Waals surface area contributed by atoms with Crippen LogP contribution in [0.5, 0.6) is 0 Å². The van der Waals surface area contributed by atoms with Crippen molar-refractivity contribution in [2.24, 2.45) is 0 Å². The van der Waals surface area contributed by atoms with E-state index in [0.29, 0.717) is 0 Å². The second-order valence-corrected chi connectivity index (χ2v) is 5.20. The molecule has 2 heterocycles. The van der Waals surface area contributed by atoms with Gasteiger partial charge >= 0.3 is 0 Å². The lowest BCUT2D eigenvalue weighted by Gasteiger charge is -2.11. The molecule has 2 aliphatic rings. The fourth-order valence-electron chi connectivity index (χ4n) is 2.53. The van der Waals surface area contributed by atoms with Gasteiger partial charge in [0.15, 0.2) is 5.71 Å². The summed E-state index contributed by atoms with van der Waals surface area (Å²) in [4.78, 5) is 2.30. The maximum atomic E-state index is 6.00. The van der Waals surface area contributed by atoms with E-state index in [1.54, 1.807) is 0 Å². The molecule has 2 rings (SSSR count). The van der Waals surface area contributed by atoms with Gasteiger partial charge in [-0.05, 0) is 18.9 Å². The van der Waals surface area contributed by atoms with Gasteiger partial charge in [0.2, 0.25) is 0 Å². The zero-order chi connectivity index (χ0) is 13.0. The summed E-state index contributed by atoms with van der Waals surface area (Å²) in [6.45, 7) is 2.33. The maximum Gasteiger partial charge on any atom is 0.175 e. The molecule has 94 valence electrons. The first kappa shape index (κ1) is 13.2. The summed E-state index contributed by atoms with van der Waals surface area (Å²) in [5.41, 5.74) is 3.60. The van der Waals surface area contributed by atoms with Crippen molar-refractivity contribution in [3.05, 3.63) is 35.5 Å². The molecule has 0 aromatic rings.